The maximum Gasteiger partial charge on any atom is 0.416 e. The van der Waals surface area contributed by atoms with E-state index in [1.807, 2.05) is 49.9 Å². The average molecular weight is 461 g/mol. The molecule has 0 aromatic heterocycles. The number of hydrogen-bond donors (Lipinski definition) is 1. The predicted octanol–water partition coefficient (Wildman–Crippen LogP) is 5.78. The van der Waals surface area contributed by atoms with Crippen LogP contribution in [0.5, 0.6) is 0 Å². The van der Waals surface area contributed by atoms with Crippen molar-refractivity contribution in [1.29, 1.82) is 0 Å². The number of benzene rings is 2. The van der Waals surface area contributed by atoms with Gasteiger partial charge in [-0.3, -0.25) is 0 Å². The molecular formula is C26H31F3N2O2. The third-order valence-corrected chi connectivity index (χ3v) is 5.61. The predicted molar refractivity (Wildman–Crippen MR) is 123 cm³/mol. The standard InChI is InChI=1S/C26H31F3N2O2/c1-18(24(32)33-25(2,3)4)31-15-13-23(14-16-31)30-17-19-5-7-20(8-6-19)21-9-11-22(12-10-21)26(27,28)29/h5-12,23,30H,1,13-17H2,2-4H3. The Labute approximate surface area is 193 Å². The minimum Gasteiger partial charge on any atom is -0.455 e. The number of ether oxygens (including phenoxy) is 1. The number of likely N-dealkylation sites (tertiary alicyclic amines) is 1. The van der Waals surface area contributed by atoms with Crippen LogP contribution in [0.25, 0.3) is 11.1 Å². The molecule has 0 aliphatic carbocycles. The van der Waals surface area contributed by atoms with Gasteiger partial charge in [0.25, 0.3) is 0 Å². The number of carbonyl (C=O) groups is 1. The van der Waals surface area contributed by atoms with Crippen LogP contribution < -0.4 is 5.32 Å². The van der Waals surface area contributed by atoms with Crippen LogP contribution in [-0.4, -0.2) is 35.6 Å². The fourth-order valence-corrected chi connectivity index (χ4v) is 3.75. The highest BCUT2D eigenvalue weighted by atomic mass is 19.4. The number of nitrogens with one attached hydrogen (secondary N) is 1. The zero-order valence-electron chi connectivity index (χ0n) is 19.3. The van der Waals surface area contributed by atoms with Crippen LogP contribution in [-0.2, 0) is 22.3 Å². The summed E-state index contributed by atoms with van der Waals surface area (Å²) < 4.78 is 43.6. The average Bonchev–Trinajstić information content (AvgIpc) is 2.76. The van der Waals surface area contributed by atoms with Crippen molar-refractivity contribution in [1.82, 2.24) is 10.2 Å². The zero-order chi connectivity index (χ0) is 24.2. The Morgan fingerprint density at radius 3 is 2.00 bits per heavy atom. The van der Waals surface area contributed by atoms with E-state index >= 15 is 0 Å². The van der Waals surface area contributed by atoms with Crippen LogP contribution in [0, 0.1) is 0 Å². The Hall–Kier alpha value is -2.80. The van der Waals surface area contributed by atoms with Crippen molar-refractivity contribution in [2.45, 2.75) is 58.0 Å². The number of esters is 1. The number of nitrogens with zero attached hydrogens (tertiary/aromatic N) is 1. The first-order valence-electron chi connectivity index (χ1n) is 11.1. The lowest BCUT2D eigenvalue weighted by atomic mass is 10.0. The van der Waals surface area contributed by atoms with Crippen LogP contribution in [0.1, 0.15) is 44.7 Å². The molecule has 1 fully saturated rings. The molecule has 0 saturated carbocycles. The molecule has 2 aromatic rings. The first-order valence-corrected chi connectivity index (χ1v) is 11.1. The largest absolute Gasteiger partial charge is 0.455 e. The van der Waals surface area contributed by atoms with Crippen molar-refractivity contribution in [2.24, 2.45) is 0 Å². The van der Waals surface area contributed by atoms with E-state index < -0.39 is 17.3 Å². The number of hydrogen-bond acceptors (Lipinski definition) is 4. The van der Waals surface area contributed by atoms with Gasteiger partial charge in [0.2, 0.25) is 0 Å². The molecule has 1 heterocycles. The summed E-state index contributed by atoms with van der Waals surface area (Å²) in [7, 11) is 0. The van der Waals surface area contributed by atoms with Crippen molar-refractivity contribution >= 4 is 5.97 Å². The lowest BCUT2D eigenvalue weighted by Crippen LogP contribution is -2.43. The number of rotatable bonds is 6. The van der Waals surface area contributed by atoms with Gasteiger partial charge in [-0.25, -0.2) is 4.79 Å². The van der Waals surface area contributed by atoms with E-state index in [0.717, 1.165) is 54.8 Å². The van der Waals surface area contributed by atoms with Gasteiger partial charge in [0.1, 0.15) is 11.3 Å². The van der Waals surface area contributed by atoms with Crippen LogP contribution in [0.3, 0.4) is 0 Å². The highest BCUT2D eigenvalue weighted by Crippen LogP contribution is 2.31. The number of alkyl halides is 3. The van der Waals surface area contributed by atoms with Crippen molar-refractivity contribution in [3.8, 4) is 11.1 Å². The van der Waals surface area contributed by atoms with E-state index in [0.29, 0.717) is 18.3 Å². The van der Waals surface area contributed by atoms with E-state index in [2.05, 4.69) is 11.9 Å². The van der Waals surface area contributed by atoms with E-state index in [1.165, 1.54) is 12.1 Å². The van der Waals surface area contributed by atoms with Crippen LogP contribution in [0.15, 0.2) is 60.8 Å². The molecule has 178 valence electrons. The van der Waals surface area contributed by atoms with Gasteiger partial charge in [-0.2, -0.15) is 13.2 Å². The molecule has 7 heteroatoms. The van der Waals surface area contributed by atoms with Gasteiger partial charge in [-0.15, -0.1) is 0 Å². The summed E-state index contributed by atoms with van der Waals surface area (Å²) >= 11 is 0. The second-order valence-electron chi connectivity index (χ2n) is 9.36. The maximum absolute atomic E-state index is 12.7. The van der Waals surface area contributed by atoms with Gasteiger partial charge < -0.3 is 15.0 Å². The summed E-state index contributed by atoms with van der Waals surface area (Å²) in [5.74, 6) is -0.373. The Morgan fingerprint density at radius 1 is 1.00 bits per heavy atom. The molecule has 0 atom stereocenters. The molecule has 33 heavy (non-hydrogen) atoms. The summed E-state index contributed by atoms with van der Waals surface area (Å²) in [4.78, 5) is 14.2. The number of carbonyl (C=O) groups excluding carboxylic acids is 1. The molecule has 2 aromatic carbocycles. The lowest BCUT2D eigenvalue weighted by molar-refractivity contribution is -0.152. The van der Waals surface area contributed by atoms with Crippen molar-refractivity contribution in [3.05, 3.63) is 71.9 Å². The van der Waals surface area contributed by atoms with Crippen molar-refractivity contribution in [3.63, 3.8) is 0 Å². The molecule has 1 aliphatic heterocycles. The Kier molecular flexibility index (Phi) is 7.52. The van der Waals surface area contributed by atoms with Crippen LogP contribution in [0.4, 0.5) is 13.2 Å². The normalized spacial score (nSPS) is 15.4. The molecule has 1 N–H and O–H groups in total. The molecule has 1 aliphatic rings. The van der Waals surface area contributed by atoms with Crippen LogP contribution in [0.2, 0.25) is 0 Å². The van der Waals surface area contributed by atoms with Gasteiger partial charge in [-0.05, 0) is 62.4 Å². The van der Waals surface area contributed by atoms with Gasteiger partial charge in [0, 0.05) is 25.7 Å². The van der Waals surface area contributed by atoms with E-state index in [1.54, 1.807) is 0 Å². The SMILES string of the molecule is C=C(C(=O)OC(C)(C)C)N1CCC(NCc2ccc(-c3ccc(C(F)(F)F)cc3)cc2)CC1. The number of piperidine rings is 1. The molecule has 0 radical (unpaired) electrons. The molecule has 4 nitrogen and oxygen atoms in total. The number of halogens is 3. The van der Waals surface area contributed by atoms with Crippen LogP contribution >= 0.6 is 0 Å². The monoisotopic (exact) mass is 460 g/mol. The van der Waals surface area contributed by atoms with Gasteiger partial charge in [0.05, 0.1) is 5.56 Å². The second-order valence-corrected chi connectivity index (χ2v) is 9.36. The Balaban J connectivity index is 1.47. The highest BCUT2D eigenvalue weighted by molar-refractivity contribution is 5.87. The van der Waals surface area contributed by atoms with Gasteiger partial charge in [-0.1, -0.05) is 43.0 Å². The molecule has 0 spiro atoms. The third kappa shape index (κ3) is 7.09. The molecule has 0 unspecified atom stereocenters. The molecular weight excluding hydrogens is 429 g/mol. The van der Waals surface area contributed by atoms with Crippen molar-refractivity contribution in [2.75, 3.05) is 13.1 Å². The second kappa shape index (κ2) is 10.00. The fourth-order valence-electron chi connectivity index (χ4n) is 3.75. The molecule has 1 saturated heterocycles. The minimum absolute atomic E-state index is 0.335. The molecule has 0 bridgehead atoms. The molecule has 0 amide bonds. The third-order valence-electron chi connectivity index (χ3n) is 5.61. The Bertz CT molecular complexity index is 953. The topological polar surface area (TPSA) is 41.6 Å². The summed E-state index contributed by atoms with van der Waals surface area (Å²) in [5.41, 5.74) is 1.95. The van der Waals surface area contributed by atoms with E-state index in [4.69, 9.17) is 4.74 Å². The first kappa shape index (κ1) is 24.8. The first-order chi connectivity index (χ1) is 15.4. The summed E-state index contributed by atoms with van der Waals surface area (Å²) in [5, 5.41) is 3.55. The fraction of sp³-hybridized carbons (Fsp3) is 0.423. The van der Waals surface area contributed by atoms with Crippen molar-refractivity contribution < 1.29 is 22.7 Å². The quantitative estimate of drug-likeness (QED) is 0.438. The van der Waals surface area contributed by atoms with Gasteiger partial charge in [0.15, 0.2) is 0 Å². The highest BCUT2D eigenvalue weighted by Gasteiger charge is 2.30. The molecule has 3 rings (SSSR count). The summed E-state index contributed by atoms with van der Waals surface area (Å²) in [6.45, 7) is 11.6. The lowest BCUT2D eigenvalue weighted by Gasteiger charge is -2.35. The smallest absolute Gasteiger partial charge is 0.416 e. The Morgan fingerprint density at radius 2 is 1.52 bits per heavy atom. The zero-order valence-corrected chi connectivity index (χ0v) is 19.3. The minimum atomic E-state index is -4.33. The van der Waals surface area contributed by atoms with Gasteiger partial charge >= 0.3 is 12.1 Å². The van der Waals surface area contributed by atoms with E-state index in [9.17, 15) is 18.0 Å². The van der Waals surface area contributed by atoms with E-state index in [-0.39, 0.29) is 5.97 Å². The maximum atomic E-state index is 12.7. The summed E-state index contributed by atoms with van der Waals surface area (Å²) in [6, 6.07) is 13.4. The summed E-state index contributed by atoms with van der Waals surface area (Å²) in [6.07, 6.45) is -2.54.